The molecule has 0 aliphatic carbocycles. The summed E-state index contributed by atoms with van der Waals surface area (Å²) in [6, 6.07) is 11.5. The summed E-state index contributed by atoms with van der Waals surface area (Å²) < 4.78 is 13.9. The lowest BCUT2D eigenvalue weighted by molar-refractivity contribution is 0.0255. The smallest absolute Gasteiger partial charge is 0.275 e. The van der Waals surface area contributed by atoms with E-state index in [2.05, 4.69) is 40.0 Å². The fourth-order valence-corrected chi connectivity index (χ4v) is 4.02. The van der Waals surface area contributed by atoms with Crippen molar-refractivity contribution >= 4 is 16.8 Å². The van der Waals surface area contributed by atoms with E-state index >= 15 is 0 Å². The van der Waals surface area contributed by atoms with Gasteiger partial charge < -0.3 is 10.3 Å². The molecule has 5 rings (SSSR count). The number of hydrogen-bond donors (Lipinski definition) is 3. The Morgan fingerprint density at radius 3 is 2.77 bits per heavy atom. The summed E-state index contributed by atoms with van der Waals surface area (Å²) >= 11 is 0. The van der Waals surface area contributed by atoms with E-state index in [1.807, 2.05) is 0 Å². The van der Waals surface area contributed by atoms with Gasteiger partial charge in [0.2, 0.25) is 0 Å². The van der Waals surface area contributed by atoms with E-state index in [1.54, 1.807) is 0 Å². The van der Waals surface area contributed by atoms with E-state index in [1.165, 1.54) is 24.1 Å². The minimum atomic E-state index is -0.452. The summed E-state index contributed by atoms with van der Waals surface area (Å²) in [4.78, 5) is 20.7. The van der Waals surface area contributed by atoms with E-state index in [9.17, 15) is 9.18 Å². The molecule has 1 atom stereocenters. The van der Waals surface area contributed by atoms with Crippen molar-refractivity contribution in [2.45, 2.75) is 25.5 Å². The van der Waals surface area contributed by atoms with Crippen molar-refractivity contribution in [1.82, 2.24) is 15.8 Å². The molecule has 0 saturated carbocycles. The van der Waals surface area contributed by atoms with Crippen molar-refractivity contribution in [2.75, 3.05) is 6.54 Å². The third kappa shape index (κ3) is 2.41. The topological polar surface area (TPSA) is 66.2 Å². The van der Waals surface area contributed by atoms with Crippen LogP contribution in [0.2, 0.25) is 0 Å². The van der Waals surface area contributed by atoms with Gasteiger partial charge in [-0.3, -0.25) is 9.63 Å². The second-order valence-electron chi connectivity index (χ2n) is 6.85. The molecular weight excluding hydrogens is 333 g/mol. The number of aromatic amines is 1. The zero-order valence-corrected chi connectivity index (χ0v) is 14.1. The standard InChI is InChI=1S/C20H18FN3O2/c21-13-8-14-18-15(10-26-24-20(14)25)19(23-17(18)9-13)12-5-3-11(4-6-12)16-2-1-7-22-16/h3-6,8-9,16,22-23H,1-2,7,10H2,(H,24,25)/t16-/m1/s1. The Hall–Kier alpha value is -2.70. The first-order valence-corrected chi connectivity index (χ1v) is 8.80. The lowest BCUT2D eigenvalue weighted by atomic mass is 9.99. The third-order valence-electron chi connectivity index (χ3n) is 5.25. The highest BCUT2D eigenvalue weighted by Crippen LogP contribution is 2.35. The Morgan fingerprint density at radius 2 is 2.00 bits per heavy atom. The molecule has 26 heavy (non-hydrogen) atoms. The van der Waals surface area contributed by atoms with E-state index in [0.717, 1.165) is 35.2 Å². The minimum absolute atomic E-state index is 0.228. The number of H-pyrrole nitrogens is 1. The van der Waals surface area contributed by atoms with Crippen molar-refractivity contribution in [2.24, 2.45) is 0 Å². The van der Waals surface area contributed by atoms with Crippen molar-refractivity contribution < 1.29 is 14.0 Å². The van der Waals surface area contributed by atoms with Crippen LogP contribution < -0.4 is 10.8 Å². The molecule has 2 aliphatic rings. The quantitative estimate of drug-likeness (QED) is 0.661. The Morgan fingerprint density at radius 1 is 1.15 bits per heavy atom. The fraction of sp³-hybridized carbons (Fsp3) is 0.250. The van der Waals surface area contributed by atoms with Gasteiger partial charge in [-0.05, 0) is 42.6 Å². The molecule has 2 aromatic carbocycles. The summed E-state index contributed by atoms with van der Waals surface area (Å²) in [6.07, 6.45) is 2.35. The van der Waals surface area contributed by atoms with Gasteiger partial charge in [0, 0.05) is 22.5 Å². The average molecular weight is 351 g/mol. The Kier molecular flexibility index (Phi) is 3.55. The highest BCUT2D eigenvalue weighted by molar-refractivity contribution is 6.09. The fourth-order valence-electron chi connectivity index (χ4n) is 4.02. The largest absolute Gasteiger partial charge is 0.354 e. The number of benzene rings is 2. The second kappa shape index (κ2) is 5.93. The molecule has 132 valence electrons. The van der Waals surface area contributed by atoms with Crippen molar-refractivity contribution in [3.05, 3.63) is 58.9 Å². The molecule has 3 heterocycles. The van der Waals surface area contributed by atoms with E-state index in [-0.39, 0.29) is 6.61 Å². The minimum Gasteiger partial charge on any atom is -0.354 e. The van der Waals surface area contributed by atoms with Crippen LogP contribution in [0.4, 0.5) is 4.39 Å². The molecule has 0 radical (unpaired) electrons. The summed E-state index contributed by atoms with van der Waals surface area (Å²) in [5.41, 5.74) is 7.24. The van der Waals surface area contributed by atoms with E-state index < -0.39 is 11.7 Å². The average Bonchev–Trinajstić information content (AvgIpc) is 3.26. The lowest BCUT2D eigenvalue weighted by Gasteiger charge is -2.11. The summed E-state index contributed by atoms with van der Waals surface area (Å²) in [7, 11) is 0. The molecule has 6 heteroatoms. The Balaban J connectivity index is 1.64. The Labute approximate surface area is 149 Å². The van der Waals surface area contributed by atoms with Crippen LogP contribution >= 0.6 is 0 Å². The van der Waals surface area contributed by atoms with Crippen LogP contribution in [0, 0.1) is 5.82 Å². The molecule has 3 N–H and O–H groups in total. The molecule has 1 amide bonds. The maximum atomic E-state index is 13.9. The van der Waals surface area contributed by atoms with Gasteiger partial charge in [0.25, 0.3) is 5.91 Å². The maximum absolute atomic E-state index is 13.9. The molecule has 1 saturated heterocycles. The van der Waals surface area contributed by atoms with Crippen molar-refractivity contribution in [1.29, 1.82) is 0 Å². The molecule has 0 spiro atoms. The molecule has 1 aromatic heterocycles. The molecule has 3 aromatic rings. The molecular formula is C20H18FN3O2. The summed E-state index contributed by atoms with van der Waals surface area (Å²) in [6.45, 7) is 1.29. The third-order valence-corrected chi connectivity index (χ3v) is 5.25. The van der Waals surface area contributed by atoms with Gasteiger partial charge in [0.05, 0.1) is 11.3 Å². The first kappa shape index (κ1) is 15.5. The second-order valence-corrected chi connectivity index (χ2v) is 6.85. The number of rotatable bonds is 2. The monoisotopic (exact) mass is 351 g/mol. The molecule has 0 unspecified atom stereocenters. The van der Waals surface area contributed by atoms with Crippen LogP contribution in [0.5, 0.6) is 0 Å². The van der Waals surface area contributed by atoms with Crippen LogP contribution in [0.25, 0.3) is 22.2 Å². The predicted molar refractivity (Wildman–Crippen MR) is 95.9 cm³/mol. The van der Waals surface area contributed by atoms with Gasteiger partial charge in [-0.15, -0.1) is 0 Å². The van der Waals surface area contributed by atoms with Crippen LogP contribution in [-0.4, -0.2) is 17.4 Å². The number of carbonyl (C=O) groups excluding carboxylic acids is 1. The first-order chi connectivity index (χ1) is 12.7. The number of amides is 1. The summed E-state index contributed by atoms with van der Waals surface area (Å²) in [5, 5.41) is 4.22. The van der Waals surface area contributed by atoms with Crippen molar-refractivity contribution in [3.8, 4) is 11.3 Å². The highest BCUT2D eigenvalue weighted by atomic mass is 19.1. The summed E-state index contributed by atoms with van der Waals surface area (Å²) in [5.74, 6) is -0.881. The maximum Gasteiger partial charge on any atom is 0.275 e. The molecule has 0 bridgehead atoms. The SMILES string of the molecule is O=C1NOCc2c(-c3ccc([C@H]4CCCN4)cc3)[nH]c3cc(F)cc1c23. The van der Waals surface area contributed by atoms with Crippen LogP contribution in [0.3, 0.4) is 0 Å². The Bertz CT molecular complexity index is 1000. The number of carbonyl (C=O) groups is 1. The van der Waals surface area contributed by atoms with Gasteiger partial charge in [0.1, 0.15) is 12.4 Å². The number of halogens is 1. The number of aromatic nitrogens is 1. The van der Waals surface area contributed by atoms with Crippen LogP contribution in [0.15, 0.2) is 36.4 Å². The lowest BCUT2D eigenvalue weighted by Crippen LogP contribution is -2.21. The van der Waals surface area contributed by atoms with Crippen LogP contribution in [-0.2, 0) is 11.4 Å². The molecule has 5 nitrogen and oxygen atoms in total. The molecule has 2 aliphatic heterocycles. The first-order valence-electron chi connectivity index (χ1n) is 8.80. The normalized spacial score (nSPS) is 19.6. The highest BCUT2D eigenvalue weighted by Gasteiger charge is 2.24. The van der Waals surface area contributed by atoms with E-state index in [0.29, 0.717) is 17.1 Å². The van der Waals surface area contributed by atoms with Crippen molar-refractivity contribution in [3.63, 3.8) is 0 Å². The number of nitrogens with one attached hydrogen (secondary N) is 3. The van der Waals surface area contributed by atoms with Gasteiger partial charge in [-0.1, -0.05) is 24.3 Å². The molecule has 1 fully saturated rings. The van der Waals surface area contributed by atoms with Gasteiger partial charge in [0.15, 0.2) is 0 Å². The zero-order chi connectivity index (χ0) is 17.7. The number of hydrogen-bond acceptors (Lipinski definition) is 3. The zero-order valence-electron chi connectivity index (χ0n) is 14.1. The predicted octanol–water partition coefficient (Wildman–Crippen LogP) is 3.57. The van der Waals surface area contributed by atoms with Gasteiger partial charge in [-0.25, -0.2) is 9.87 Å². The van der Waals surface area contributed by atoms with Gasteiger partial charge >= 0.3 is 0 Å². The number of hydroxylamine groups is 1. The van der Waals surface area contributed by atoms with Crippen LogP contribution in [0.1, 0.15) is 40.4 Å². The van der Waals surface area contributed by atoms with E-state index in [4.69, 9.17) is 4.84 Å². The van der Waals surface area contributed by atoms with Gasteiger partial charge in [-0.2, -0.15) is 0 Å².